The van der Waals surface area contributed by atoms with Crippen LogP contribution < -0.4 is 5.32 Å². The number of sulfonamides is 1. The van der Waals surface area contributed by atoms with E-state index >= 15 is 0 Å². The van der Waals surface area contributed by atoms with Crippen LogP contribution in [0.5, 0.6) is 0 Å². The Morgan fingerprint density at radius 2 is 1.85 bits per heavy atom. The minimum atomic E-state index is -3.32. The van der Waals surface area contributed by atoms with Crippen molar-refractivity contribution in [3.63, 3.8) is 0 Å². The van der Waals surface area contributed by atoms with E-state index in [0.717, 1.165) is 44.1 Å². The van der Waals surface area contributed by atoms with Gasteiger partial charge in [0.05, 0.1) is 24.0 Å². The van der Waals surface area contributed by atoms with Gasteiger partial charge in [-0.05, 0) is 31.2 Å². The number of nitrogens with zero attached hydrogens (tertiary/aromatic N) is 1. The molecule has 1 saturated carbocycles. The first-order chi connectivity index (χ1) is 13.0. The van der Waals surface area contributed by atoms with Gasteiger partial charge in [0.25, 0.3) is 0 Å². The van der Waals surface area contributed by atoms with Crippen molar-refractivity contribution in [2.75, 3.05) is 13.1 Å². The lowest BCUT2D eigenvalue weighted by Gasteiger charge is -2.51. The van der Waals surface area contributed by atoms with Crippen molar-refractivity contribution in [3.8, 4) is 0 Å². The molecule has 3 fully saturated rings. The zero-order chi connectivity index (χ0) is 18.9. The number of carbonyl (C=O) groups is 1. The van der Waals surface area contributed by atoms with E-state index < -0.39 is 10.0 Å². The Kier molecular flexibility index (Phi) is 5.53. The maximum Gasteiger partial charge on any atom is 0.223 e. The molecule has 1 aromatic carbocycles. The summed E-state index contributed by atoms with van der Waals surface area (Å²) in [6, 6.07) is 9.23. The first-order valence-corrected chi connectivity index (χ1v) is 11.6. The molecule has 2 heterocycles. The second kappa shape index (κ2) is 7.89. The molecular weight excluding hydrogens is 364 g/mol. The van der Waals surface area contributed by atoms with Gasteiger partial charge in [0.2, 0.25) is 15.9 Å². The Hall–Kier alpha value is -1.44. The Morgan fingerprint density at radius 3 is 2.56 bits per heavy atom. The predicted octanol–water partition coefficient (Wildman–Crippen LogP) is 2.05. The number of benzene rings is 1. The molecule has 27 heavy (non-hydrogen) atoms. The lowest BCUT2D eigenvalue weighted by Crippen LogP contribution is -2.66. The third-order valence-corrected chi connectivity index (χ3v) is 7.92. The summed E-state index contributed by atoms with van der Waals surface area (Å²) in [6.07, 6.45) is 5.82. The third kappa shape index (κ3) is 4.20. The summed E-state index contributed by atoms with van der Waals surface area (Å²) in [6.45, 7) is 0.961. The third-order valence-electron chi connectivity index (χ3n) is 6.09. The standard InChI is InChI=1S/C20H28N2O4S/c23-20(16-8-4-5-9-16)21-12-17-10-11-18-19(26-17)13-22(18)27(24,25)14-15-6-2-1-3-7-15/h1-3,6-7,16-19H,4-5,8-14H2,(H,21,23)/t17-,18-,19-/m1/s1. The Morgan fingerprint density at radius 1 is 1.11 bits per heavy atom. The molecule has 1 aromatic rings. The normalized spacial score (nSPS) is 29.1. The molecule has 4 rings (SSSR count). The van der Waals surface area contributed by atoms with Gasteiger partial charge in [0.15, 0.2) is 0 Å². The van der Waals surface area contributed by atoms with E-state index in [-0.39, 0.29) is 35.8 Å². The smallest absolute Gasteiger partial charge is 0.223 e. The molecule has 0 bridgehead atoms. The number of rotatable bonds is 6. The van der Waals surface area contributed by atoms with Crippen LogP contribution in [0.25, 0.3) is 0 Å². The number of fused-ring (bicyclic) bond motifs is 1. The van der Waals surface area contributed by atoms with Crippen molar-refractivity contribution in [2.45, 2.75) is 62.5 Å². The molecule has 0 spiro atoms. The molecule has 0 radical (unpaired) electrons. The largest absolute Gasteiger partial charge is 0.370 e. The summed E-state index contributed by atoms with van der Waals surface area (Å²) in [5.41, 5.74) is 0.810. The zero-order valence-corrected chi connectivity index (χ0v) is 16.4. The van der Waals surface area contributed by atoms with E-state index in [9.17, 15) is 13.2 Å². The topological polar surface area (TPSA) is 75.7 Å². The zero-order valence-electron chi connectivity index (χ0n) is 15.5. The van der Waals surface area contributed by atoms with Crippen LogP contribution in [0, 0.1) is 5.92 Å². The Labute approximate surface area is 161 Å². The Balaban J connectivity index is 1.26. The highest BCUT2D eigenvalue weighted by molar-refractivity contribution is 7.88. The first kappa shape index (κ1) is 18.9. The number of carbonyl (C=O) groups excluding carboxylic acids is 1. The minimum Gasteiger partial charge on any atom is -0.370 e. The molecule has 3 atom stereocenters. The molecule has 6 nitrogen and oxygen atoms in total. The highest BCUT2D eigenvalue weighted by atomic mass is 32.2. The van der Waals surface area contributed by atoms with Gasteiger partial charge < -0.3 is 10.1 Å². The second-order valence-electron chi connectivity index (χ2n) is 7.98. The van der Waals surface area contributed by atoms with Crippen molar-refractivity contribution in [1.29, 1.82) is 0 Å². The molecule has 3 aliphatic rings. The summed E-state index contributed by atoms with van der Waals surface area (Å²) in [5.74, 6) is 0.361. The van der Waals surface area contributed by atoms with Crippen LogP contribution in [0.4, 0.5) is 0 Å². The van der Waals surface area contributed by atoms with E-state index in [0.29, 0.717) is 13.1 Å². The maximum absolute atomic E-state index is 12.7. The fourth-order valence-electron chi connectivity index (χ4n) is 4.50. The highest BCUT2D eigenvalue weighted by Gasteiger charge is 2.49. The second-order valence-corrected chi connectivity index (χ2v) is 9.90. The van der Waals surface area contributed by atoms with E-state index in [1.54, 1.807) is 4.31 Å². The fraction of sp³-hybridized carbons (Fsp3) is 0.650. The van der Waals surface area contributed by atoms with Gasteiger partial charge in [0.1, 0.15) is 0 Å². The molecule has 1 amide bonds. The lowest BCUT2D eigenvalue weighted by molar-refractivity contribution is -0.142. The minimum absolute atomic E-state index is 0.00409. The van der Waals surface area contributed by atoms with Crippen molar-refractivity contribution in [2.24, 2.45) is 5.92 Å². The summed E-state index contributed by atoms with van der Waals surface area (Å²) >= 11 is 0. The number of ether oxygens (including phenoxy) is 1. The Bertz CT molecular complexity index is 761. The SMILES string of the molecule is O=C(NC[C@H]1CC[C@@H]2[C@@H](CN2S(=O)(=O)Cc2ccccc2)O1)C1CCCC1. The molecule has 2 aliphatic heterocycles. The summed E-state index contributed by atoms with van der Waals surface area (Å²) < 4.78 is 33.0. The predicted molar refractivity (Wildman–Crippen MR) is 102 cm³/mol. The van der Waals surface area contributed by atoms with E-state index in [1.807, 2.05) is 30.3 Å². The van der Waals surface area contributed by atoms with Crippen LogP contribution in [0.3, 0.4) is 0 Å². The van der Waals surface area contributed by atoms with Crippen LogP contribution in [0.1, 0.15) is 44.1 Å². The molecular formula is C20H28N2O4S. The number of nitrogens with one attached hydrogen (secondary N) is 1. The number of amides is 1. The summed E-state index contributed by atoms with van der Waals surface area (Å²) in [7, 11) is -3.32. The lowest BCUT2D eigenvalue weighted by atomic mass is 9.92. The highest BCUT2D eigenvalue weighted by Crippen LogP contribution is 2.35. The quantitative estimate of drug-likeness (QED) is 0.804. The molecule has 2 saturated heterocycles. The summed E-state index contributed by atoms with van der Waals surface area (Å²) in [5, 5.41) is 3.03. The average Bonchev–Trinajstić information content (AvgIpc) is 3.16. The van der Waals surface area contributed by atoms with Gasteiger partial charge >= 0.3 is 0 Å². The van der Waals surface area contributed by atoms with Crippen molar-refractivity contribution < 1.29 is 17.9 Å². The van der Waals surface area contributed by atoms with Crippen molar-refractivity contribution in [1.82, 2.24) is 9.62 Å². The van der Waals surface area contributed by atoms with E-state index in [1.165, 1.54) is 0 Å². The molecule has 0 unspecified atom stereocenters. The first-order valence-electron chi connectivity index (χ1n) is 9.99. The maximum atomic E-state index is 12.7. The van der Waals surface area contributed by atoms with Gasteiger partial charge in [-0.2, -0.15) is 4.31 Å². The molecule has 7 heteroatoms. The molecule has 148 valence electrons. The van der Waals surface area contributed by atoms with Crippen LogP contribution in [-0.4, -0.2) is 50.0 Å². The summed E-state index contributed by atoms with van der Waals surface area (Å²) in [4.78, 5) is 12.2. The van der Waals surface area contributed by atoms with Crippen LogP contribution in [-0.2, 0) is 25.3 Å². The van der Waals surface area contributed by atoms with Gasteiger partial charge in [-0.15, -0.1) is 0 Å². The fourth-order valence-corrected chi connectivity index (χ4v) is 6.31. The number of hydrogen-bond donors (Lipinski definition) is 1. The van der Waals surface area contributed by atoms with Gasteiger partial charge in [0, 0.05) is 19.0 Å². The molecule has 1 aliphatic carbocycles. The average molecular weight is 393 g/mol. The number of hydrogen-bond acceptors (Lipinski definition) is 4. The monoisotopic (exact) mass is 392 g/mol. The molecule has 0 aromatic heterocycles. The van der Waals surface area contributed by atoms with E-state index in [4.69, 9.17) is 4.74 Å². The molecule has 1 N–H and O–H groups in total. The van der Waals surface area contributed by atoms with Crippen LogP contribution in [0.2, 0.25) is 0 Å². The van der Waals surface area contributed by atoms with Crippen molar-refractivity contribution in [3.05, 3.63) is 35.9 Å². The van der Waals surface area contributed by atoms with Gasteiger partial charge in [-0.1, -0.05) is 43.2 Å². The van der Waals surface area contributed by atoms with Crippen LogP contribution >= 0.6 is 0 Å². The van der Waals surface area contributed by atoms with Crippen molar-refractivity contribution >= 4 is 15.9 Å². The van der Waals surface area contributed by atoms with E-state index in [2.05, 4.69) is 5.32 Å². The van der Waals surface area contributed by atoms with Gasteiger partial charge in [-0.3, -0.25) is 4.79 Å². The van der Waals surface area contributed by atoms with Gasteiger partial charge in [-0.25, -0.2) is 8.42 Å². The van der Waals surface area contributed by atoms with Crippen LogP contribution in [0.15, 0.2) is 30.3 Å².